The van der Waals surface area contributed by atoms with Crippen molar-refractivity contribution in [3.63, 3.8) is 0 Å². The van der Waals surface area contributed by atoms with Gasteiger partial charge in [-0.3, -0.25) is 10.00 Å². The summed E-state index contributed by atoms with van der Waals surface area (Å²) in [6, 6.07) is -0.247. The van der Waals surface area contributed by atoms with Gasteiger partial charge < -0.3 is 4.74 Å². The molecule has 0 bridgehead atoms. The Bertz CT molecular complexity index is 853. The summed E-state index contributed by atoms with van der Waals surface area (Å²) >= 11 is 0. The molecule has 2 aromatic rings. The van der Waals surface area contributed by atoms with Gasteiger partial charge in [-0.2, -0.15) is 5.10 Å². The van der Waals surface area contributed by atoms with E-state index in [0.29, 0.717) is 11.3 Å². The maximum atomic E-state index is 11.8. The summed E-state index contributed by atoms with van der Waals surface area (Å²) < 4.78 is 29.6. The first-order valence-corrected chi connectivity index (χ1v) is 9.41. The monoisotopic (exact) mass is 367 g/mol. The highest BCUT2D eigenvalue weighted by Crippen LogP contribution is 2.19. The molecule has 0 saturated carbocycles. The highest BCUT2D eigenvalue weighted by atomic mass is 32.2. The van der Waals surface area contributed by atoms with Crippen LogP contribution in [0.25, 0.3) is 0 Å². The average Bonchev–Trinajstić information content (AvgIpc) is 2.92. The van der Waals surface area contributed by atoms with E-state index < -0.39 is 21.5 Å². The summed E-state index contributed by atoms with van der Waals surface area (Å²) in [5.41, 5.74) is 0.570. The summed E-state index contributed by atoms with van der Waals surface area (Å²) in [5.74, 6) is 0. The van der Waals surface area contributed by atoms with E-state index in [1.165, 1.54) is 18.6 Å². The Labute approximate surface area is 146 Å². The van der Waals surface area contributed by atoms with Crippen molar-refractivity contribution < 1.29 is 17.9 Å². The third kappa shape index (κ3) is 5.24. The molecule has 0 aromatic carbocycles. The van der Waals surface area contributed by atoms with Gasteiger partial charge in [0.15, 0.2) is 0 Å². The van der Waals surface area contributed by atoms with Crippen LogP contribution < -0.4 is 5.32 Å². The van der Waals surface area contributed by atoms with E-state index >= 15 is 0 Å². The van der Waals surface area contributed by atoms with Gasteiger partial charge in [-0.1, -0.05) is 0 Å². The fourth-order valence-corrected chi connectivity index (χ4v) is 2.41. The Morgan fingerprint density at radius 3 is 2.36 bits per heavy atom. The molecular formula is C15H21N5O4S. The van der Waals surface area contributed by atoms with Crippen LogP contribution in [0, 0.1) is 0 Å². The van der Waals surface area contributed by atoms with Crippen molar-refractivity contribution in [1.82, 2.24) is 19.7 Å². The molecule has 1 amide bonds. The number of carbonyl (C=O) groups is 1. The van der Waals surface area contributed by atoms with Gasteiger partial charge in [-0.05, 0) is 27.7 Å². The molecule has 0 aliphatic rings. The van der Waals surface area contributed by atoms with E-state index in [2.05, 4.69) is 20.4 Å². The molecule has 0 radical (unpaired) electrons. The number of carbonyl (C=O) groups excluding carboxylic acids is 1. The number of ether oxygens (including phenoxy) is 1. The summed E-state index contributed by atoms with van der Waals surface area (Å²) in [5, 5.41) is 6.56. The second-order valence-electron chi connectivity index (χ2n) is 6.58. The number of sulfone groups is 1. The van der Waals surface area contributed by atoms with Gasteiger partial charge in [0.1, 0.15) is 5.60 Å². The van der Waals surface area contributed by atoms with Gasteiger partial charge in [0.05, 0.1) is 17.9 Å². The number of aromatic nitrogens is 4. The van der Waals surface area contributed by atoms with Crippen LogP contribution in [0.2, 0.25) is 0 Å². The Hall–Kier alpha value is -2.49. The lowest BCUT2D eigenvalue weighted by atomic mass is 10.2. The molecule has 1 unspecified atom stereocenters. The Morgan fingerprint density at radius 2 is 1.84 bits per heavy atom. The lowest BCUT2D eigenvalue weighted by Crippen LogP contribution is -2.27. The predicted octanol–water partition coefficient (Wildman–Crippen LogP) is 2.03. The van der Waals surface area contributed by atoms with E-state index in [1.807, 2.05) is 6.92 Å². The highest BCUT2D eigenvalue weighted by Gasteiger charge is 2.18. The molecule has 0 spiro atoms. The number of hydrogen-bond donors (Lipinski definition) is 1. The fraction of sp³-hybridized carbons (Fsp3) is 0.467. The maximum Gasteiger partial charge on any atom is 0.412 e. The summed E-state index contributed by atoms with van der Waals surface area (Å²) in [7, 11) is -3.44. The minimum atomic E-state index is -3.44. The van der Waals surface area contributed by atoms with Crippen molar-refractivity contribution in [2.45, 2.75) is 44.5 Å². The molecule has 0 fully saturated rings. The van der Waals surface area contributed by atoms with Gasteiger partial charge in [-0.15, -0.1) is 0 Å². The smallest absolute Gasteiger partial charge is 0.412 e. The SMILES string of the molecule is CC(c1cnc(S(C)(=O)=O)nc1)n1cc(NC(=O)OC(C)(C)C)cn1. The molecule has 1 N–H and O–H groups in total. The molecular weight excluding hydrogens is 346 g/mol. The van der Waals surface area contributed by atoms with Crippen LogP contribution in [-0.2, 0) is 14.6 Å². The number of anilines is 1. The van der Waals surface area contributed by atoms with Crippen molar-refractivity contribution in [1.29, 1.82) is 0 Å². The summed E-state index contributed by atoms with van der Waals surface area (Å²) in [4.78, 5) is 19.5. The quantitative estimate of drug-likeness (QED) is 0.822. The topological polar surface area (TPSA) is 116 Å². The Kier molecular flexibility index (Phi) is 5.12. The van der Waals surface area contributed by atoms with Crippen LogP contribution in [0.15, 0.2) is 29.9 Å². The second kappa shape index (κ2) is 6.79. The fourth-order valence-electron chi connectivity index (χ4n) is 1.92. The average molecular weight is 367 g/mol. The highest BCUT2D eigenvalue weighted by molar-refractivity contribution is 7.90. The molecule has 10 heteroatoms. The second-order valence-corrected chi connectivity index (χ2v) is 8.49. The number of nitrogens with zero attached hydrogens (tertiary/aromatic N) is 4. The van der Waals surface area contributed by atoms with Crippen LogP contribution in [-0.4, -0.2) is 46.1 Å². The zero-order valence-electron chi connectivity index (χ0n) is 14.7. The molecule has 0 aliphatic carbocycles. The largest absolute Gasteiger partial charge is 0.444 e. The van der Waals surface area contributed by atoms with Crippen LogP contribution in [0.5, 0.6) is 0 Å². The summed E-state index contributed by atoms with van der Waals surface area (Å²) in [6.45, 7) is 7.18. The van der Waals surface area contributed by atoms with Crippen LogP contribution in [0.4, 0.5) is 10.5 Å². The first-order valence-electron chi connectivity index (χ1n) is 7.52. The van der Waals surface area contributed by atoms with Crippen LogP contribution in [0.3, 0.4) is 0 Å². The van der Waals surface area contributed by atoms with E-state index in [-0.39, 0.29) is 11.2 Å². The summed E-state index contributed by atoms with van der Waals surface area (Å²) in [6.07, 6.45) is 6.49. The maximum absolute atomic E-state index is 11.8. The van der Waals surface area contributed by atoms with E-state index in [4.69, 9.17) is 4.74 Å². The minimum Gasteiger partial charge on any atom is -0.444 e. The predicted molar refractivity (Wildman–Crippen MR) is 91.0 cm³/mol. The lowest BCUT2D eigenvalue weighted by Gasteiger charge is -2.19. The molecule has 0 saturated heterocycles. The van der Waals surface area contributed by atoms with Crippen LogP contribution in [0.1, 0.15) is 39.3 Å². The molecule has 9 nitrogen and oxygen atoms in total. The number of amides is 1. The molecule has 2 heterocycles. The van der Waals surface area contributed by atoms with E-state index in [9.17, 15) is 13.2 Å². The zero-order chi connectivity index (χ0) is 18.8. The lowest BCUT2D eigenvalue weighted by molar-refractivity contribution is 0.0636. The van der Waals surface area contributed by atoms with E-state index in [0.717, 1.165) is 6.26 Å². The van der Waals surface area contributed by atoms with Crippen molar-refractivity contribution in [3.8, 4) is 0 Å². The number of hydrogen-bond acceptors (Lipinski definition) is 7. The number of nitrogens with one attached hydrogen (secondary N) is 1. The van der Waals surface area contributed by atoms with Crippen molar-refractivity contribution >= 4 is 21.6 Å². The molecule has 136 valence electrons. The van der Waals surface area contributed by atoms with E-state index in [1.54, 1.807) is 31.6 Å². The molecule has 2 rings (SSSR count). The van der Waals surface area contributed by atoms with Crippen LogP contribution >= 0.6 is 0 Å². The standard InChI is InChI=1S/C15H21N5O4S/c1-10(11-6-16-13(17-7-11)25(5,22)23)20-9-12(8-18-20)19-14(21)24-15(2,3)4/h6-10H,1-5H3,(H,19,21). The molecule has 2 aromatic heterocycles. The normalized spacial score (nSPS) is 13.3. The van der Waals surface area contributed by atoms with Crippen molar-refractivity contribution in [3.05, 3.63) is 30.4 Å². The Balaban J connectivity index is 2.10. The third-order valence-corrected chi connectivity index (χ3v) is 3.98. The van der Waals surface area contributed by atoms with Gasteiger partial charge in [0.25, 0.3) is 0 Å². The van der Waals surface area contributed by atoms with Gasteiger partial charge in [0, 0.05) is 30.4 Å². The zero-order valence-corrected chi connectivity index (χ0v) is 15.5. The Morgan fingerprint density at radius 1 is 1.24 bits per heavy atom. The molecule has 25 heavy (non-hydrogen) atoms. The van der Waals surface area contributed by atoms with Crippen molar-refractivity contribution in [2.24, 2.45) is 0 Å². The van der Waals surface area contributed by atoms with Gasteiger partial charge >= 0.3 is 6.09 Å². The van der Waals surface area contributed by atoms with Gasteiger partial charge in [0.2, 0.25) is 15.0 Å². The molecule has 0 aliphatic heterocycles. The number of rotatable bonds is 4. The van der Waals surface area contributed by atoms with Crippen molar-refractivity contribution in [2.75, 3.05) is 11.6 Å². The third-order valence-electron chi connectivity index (χ3n) is 3.11. The first kappa shape index (κ1) is 18.8. The molecule has 1 atom stereocenters. The van der Waals surface area contributed by atoms with Gasteiger partial charge in [-0.25, -0.2) is 23.2 Å². The minimum absolute atomic E-state index is 0.226. The first-order chi connectivity index (χ1) is 11.5.